The zero-order valence-corrected chi connectivity index (χ0v) is 11.4. The number of carbonyl (C=O) groups is 2. The summed E-state index contributed by atoms with van der Waals surface area (Å²) in [5.41, 5.74) is 5.42. The molecule has 5 heteroatoms. The lowest BCUT2D eigenvalue weighted by atomic mass is 10.0. The molecule has 0 radical (unpaired) electrons. The molecule has 0 fully saturated rings. The molecule has 1 atom stereocenters. The Bertz CT molecular complexity index is 254. The lowest BCUT2D eigenvalue weighted by molar-refractivity contribution is -0.141. The number of nitrogens with zero attached hydrogens (tertiary/aromatic N) is 2. The Labute approximate surface area is 104 Å². The van der Waals surface area contributed by atoms with Crippen molar-refractivity contribution >= 4 is 11.8 Å². The lowest BCUT2D eigenvalue weighted by Crippen LogP contribution is -2.42. The summed E-state index contributed by atoms with van der Waals surface area (Å²) >= 11 is 0. The highest BCUT2D eigenvalue weighted by atomic mass is 16.2. The van der Waals surface area contributed by atoms with Gasteiger partial charge >= 0.3 is 0 Å². The molecule has 0 saturated heterocycles. The average Bonchev–Trinajstić information content (AvgIpc) is 2.31. The molecule has 0 aliphatic heterocycles. The highest BCUT2D eigenvalue weighted by Crippen LogP contribution is 2.09. The molecule has 100 valence electrons. The quantitative estimate of drug-likeness (QED) is 0.699. The Hall–Kier alpha value is -1.10. The van der Waals surface area contributed by atoms with E-state index in [1.807, 2.05) is 13.8 Å². The minimum absolute atomic E-state index is 0.0381. The maximum absolute atomic E-state index is 12.1. The molecule has 0 aliphatic carbocycles. The van der Waals surface area contributed by atoms with Crippen molar-refractivity contribution in [3.05, 3.63) is 0 Å². The van der Waals surface area contributed by atoms with Gasteiger partial charge in [-0.15, -0.1) is 0 Å². The van der Waals surface area contributed by atoms with E-state index in [4.69, 9.17) is 5.73 Å². The van der Waals surface area contributed by atoms with E-state index in [0.29, 0.717) is 13.1 Å². The molecule has 0 heterocycles. The lowest BCUT2D eigenvalue weighted by Gasteiger charge is -2.25. The highest BCUT2D eigenvalue weighted by Gasteiger charge is 2.21. The summed E-state index contributed by atoms with van der Waals surface area (Å²) in [6.45, 7) is 5.10. The topological polar surface area (TPSA) is 66.6 Å². The molecule has 2 amide bonds. The predicted octanol–water partition coefficient (Wildman–Crippen LogP) is 0.298. The SMILES string of the molecule is CCN(CC(=O)N(C)C)C(=O)C(C)CCCN. The molecule has 5 nitrogen and oxygen atoms in total. The molecule has 1 unspecified atom stereocenters. The fraction of sp³-hybridized carbons (Fsp3) is 0.833. The standard InChI is InChI=1S/C12H25N3O2/c1-5-15(9-11(16)14(3)4)12(17)10(2)7-6-8-13/h10H,5-9,13H2,1-4H3. The van der Waals surface area contributed by atoms with Gasteiger partial charge in [-0.2, -0.15) is 0 Å². The number of likely N-dealkylation sites (N-methyl/N-ethyl adjacent to an activating group) is 2. The third-order valence-corrected chi connectivity index (χ3v) is 2.78. The van der Waals surface area contributed by atoms with Gasteiger partial charge in [0.25, 0.3) is 0 Å². The molecular weight excluding hydrogens is 218 g/mol. The first-order chi connectivity index (χ1) is 7.93. The predicted molar refractivity (Wildman–Crippen MR) is 68.4 cm³/mol. The maximum Gasteiger partial charge on any atom is 0.241 e. The second-order valence-corrected chi connectivity index (χ2v) is 4.47. The van der Waals surface area contributed by atoms with Crippen LogP contribution in [0.5, 0.6) is 0 Å². The van der Waals surface area contributed by atoms with E-state index in [1.165, 1.54) is 4.90 Å². The maximum atomic E-state index is 12.1. The van der Waals surface area contributed by atoms with E-state index in [1.54, 1.807) is 19.0 Å². The van der Waals surface area contributed by atoms with Crippen LogP contribution in [0, 0.1) is 5.92 Å². The highest BCUT2D eigenvalue weighted by molar-refractivity contribution is 5.85. The molecule has 0 rings (SSSR count). The smallest absolute Gasteiger partial charge is 0.241 e. The van der Waals surface area contributed by atoms with Crippen LogP contribution in [0.3, 0.4) is 0 Å². The van der Waals surface area contributed by atoms with Crippen molar-refractivity contribution in [3.8, 4) is 0 Å². The van der Waals surface area contributed by atoms with Crippen molar-refractivity contribution in [2.45, 2.75) is 26.7 Å². The Morgan fingerprint density at radius 1 is 1.29 bits per heavy atom. The van der Waals surface area contributed by atoms with Gasteiger partial charge in [0.2, 0.25) is 11.8 Å². The van der Waals surface area contributed by atoms with E-state index in [9.17, 15) is 9.59 Å². The molecule has 17 heavy (non-hydrogen) atoms. The molecule has 0 aromatic heterocycles. The van der Waals surface area contributed by atoms with Gasteiger partial charge in [0.15, 0.2) is 0 Å². The number of carbonyl (C=O) groups excluding carboxylic acids is 2. The van der Waals surface area contributed by atoms with Crippen LogP contribution < -0.4 is 5.73 Å². The van der Waals surface area contributed by atoms with Gasteiger partial charge in [0, 0.05) is 26.6 Å². The van der Waals surface area contributed by atoms with Gasteiger partial charge in [-0.25, -0.2) is 0 Å². The monoisotopic (exact) mass is 243 g/mol. The van der Waals surface area contributed by atoms with E-state index in [2.05, 4.69) is 0 Å². The summed E-state index contributed by atoms with van der Waals surface area (Å²) in [4.78, 5) is 26.7. The first-order valence-electron chi connectivity index (χ1n) is 6.13. The fourth-order valence-corrected chi connectivity index (χ4v) is 1.51. The van der Waals surface area contributed by atoms with Gasteiger partial charge in [0.1, 0.15) is 0 Å². The molecule has 0 saturated carbocycles. The van der Waals surface area contributed by atoms with Crippen LogP contribution in [0.1, 0.15) is 26.7 Å². The van der Waals surface area contributed by atoms with Crippen LogP contribution in [0.25, 0.3) is 0 Å². The average molecular weight is 243 g/mol. The van der Waals surface area contributed by atoms with Crippen LogP contribution in [0.4, 0.5) is 0 Å². The first kappa shape index (κ1) is 15.9. The van der Waals surface area contributed by atoms with E-state index in [0.717, 1.165) is 12.8 Å². The van der Waals surface area contributed by atoms with Crippen LogP contribution in [0.15, 0.2) is 0 Å². The minimum Gasteiger partial charge on any atom is -0.347 e. The van der Waals surface area contributed by atoms with Gasteiger partial charge in [0.05, 0.1) is 6.54 Å². The largest absolute Gasteiger partial charge is 0.347 e. The van der Waals surface area contributed by atoms with Crippen LogP contribution in [-0.2, 0) is 9.59 Å². The zero-order valence-electron chi connectivity index (χ0n) is 11.4. The van der Waals surface area contributed by atoms with Crippen molar-refractivity contribution in [1.29, 1.82) is 0 Å². The van der Waals surface area contributed by atoms with Crippen LogP contribution >= 0.6 is 0 Å². The van der Waals surface area contributed by atoms with Crippen LogP contribution in [-0.4, -0.2) is 55.3 Å². The van der Waals surface area contributed by atoms with Crippen molar-refractivity contribution in [2.24, 2.45) is 11.7 Å². The van der Waals surface area contributed by atoms with Crippen molar-refractivity contribution < 1.29 is 9.59 Å². The Balaban J connectivity index is 4.34. The fourth-order valence-electron chi connectivity index (χ4n) is 1.51. The molecular formula is C12H25N3O2. The molecule has 2 N–H and O–H groups in total. The zero-order chi connectivity index (χ0) is 13.4. The summed E-state index contributed by atoms with van der Waals surface area (Å²) in [5, 5.41) is 0. The number of amides is 2. The summed E-state index contributed by atoms with van der Waals surface area (Å²) in [6, 6.07) is 0. The van der Waals surface area contributed by atoms with Gasteiger partial charge in [-0.05, 0) is 26.3 Å². The summed E-state index contributed by atoms with van der Waals surface area (Å²) in [5.74, 6) is -0.0733. The summed E-state index contributed by atoms with van der Waals surface area (Å²) in [7, 11) is 3.39. The number of hydrogen-bond donors (Lipinski definition) is 1. The second-order valence-electron chi connectivity index (χ2n) is 4.47. The Morgan fingerprint density at radius 2 is 1.88 bits per heavy atom. The third kappa shape index (κ3) is 5.68. The van der Waals surface area contributed by atoms with Gasteiger partial charge in [-0.3, -0.25) is 9.59 Å². The summed E-state index contributed by atoms with van der Waals surface area (Å²) < 4.78 is 0. The van der Waals surface area contributed by atoms with Gasteiger partial charge < -0.3 is 15.5 Å². The second kappa shape index (κ2) is 8.06. The van der Waals surface area contributed by atoms with E-state index in [-0.39, 0.29) is 24.3 Å². The summed E-state index contributed by atoms with van der Waals surface area (Å²) in [6.07, 6.45) is 1.62. The van der Waals surface area contributed by atoms with E-state index >= 15 is 0 Å². The third-order valence-electron chi connectivity index (χ3n) is 2.78. The first-order valence-corrected chi connectivity index (χ1v) is 6.13. The Kier molecular flexibility index (Phi) is 7.54. The Morgan fingerprint density at radius 3 is 2.29 bits per heavy atom. The minimum atomic E-state index is -0.0616. The molecule has 0 aromatic carbocycles. The molecule has 0 spiro atoms. The number of nitrogens with two attached hydrogens (primary N) is 1. The van der Waals surface area contributed by atoms with Gasteiger partial charge in [-0.1, -0.05) is 6.92 Å². The van der Waals surface area contributed by atoms with Crippen LogP contribution in [0.2, 0.25) is 0 Å². The molecule has 0 bridgehead atoms. The number of hydrogen-bond acceptors (Lipinski definition) is 3. The number of rotatable bonds is 7. The molecule has 0 aliphatic rings. The van der Waals surface area contributed by atoms with Crippen molar-refractivity contribution in [1.82, 2.24) is 9.80 Å². The van der Waals surface area contributed by atoms with E-state index < -0.39 is 0 Å². The molecule has 0 aromatic rings. The van der Waals surface area contributed by atoms with Crippen molar-refractivity contribution in [2.75, 3.05) is 33.7 Å². The normalized spacial score (nSPS) is 12.1. The van der Waals surface area contributed by atoms with Crippen molar-refractivity contribution in [3.63, 3.8) is 0 Å².